The number of hydrogen-bond donors (Lipinski definition) is 1. The van der Waals surface area contributed by atoms with Gasteiger partial charge in [-0.05, 0) is 36.2 Å². The Morgan fingerprint density at radius 2 is 2.21 bits per heavy atom. The second kappa shape index (κ2) is 6.57. The second-order valence-corrected chi connectivity index (χ2v) is 6.07. The molecule has 1 atom stereocenters. The molecule has 1 aromatic carbocycles. The van der Waals surface area contributed by atoms with Crippen molar-refractivity contribution in [3.05, 3.63) is 51.4 Å². The number of pyridine rings is 1. The molecule has 0 bridgehead atoms. The van der Waals surface area contributed by atoms with E-state index < -0.39 is 0 Å². The van der Waals surface area contributed by atoms with Crippen LogP contribution in [-0.2, 0) is 18.3 Å². The van der Waals surface area contributed by atoms with E-state index in [4.69, 9.17) is 21.1 Å². The number of fused-ring (bicyclic) bond motifs is 1. The van der Waals surface area contributed by atoms with Gasteiger partial charge in [0.2, 0.25) is 5.91 Å². The fourth-order valence-electron chi connectivity index (χ4n) is 2.65. The number of methoxy groups -OCH3 is 1. The molecule has 6 nitrogen and oxygen atoms in total. The summed E-state index contributed by atoms with van der Waals surface area (Å²) in [7, 11) is 3.18. The number of carbonyl (C=O) groups is 1. The lowest BCUT2D eigenvalue weighted by molar-refractivity contribution is -0.121. The molecule has 24 heavy (non-hydrogen) atoms. The normalized spacial score (nSPS) is 16.0. The lowest BCUT2D eigenvalue weighted by atomic mass is 9.95. The third kappa shape index (κ3) is 3.23. The van der Waals surface area contributed by atoms with Crippen LogP contribution < -0.4 is 20.3 Å². The molecule has 0 radical (unpaired) electrons. The third-order valence-corrected chi connectivity index (χ3v) is 4.22. The van der Waals surface area contributed by atoms with Crippen LogP contribution in [0, 0.1) is 5.92 Å². The van der Waals surface area contributed by atoms with Gasteiger partial charge in [0.15, 0.2) is 0 Å². The minimum absolute atomic E-state index is 0.0604. The molecule has 1 aliphatic heterocycles. The number of hydrogen-bond acceptors (Lipinski definition) is 4. The summed E-state index contributed by atoms with van der Waals surface area (Å²) < 4.78 is 12.2. The van der Waals surface area contributed by atoms with Crippen molar-refractivity contribution in [2.24, 2.45) is 13.0 Å². The van der Waals surface area contributed by atoms with Gasteiger partial charge in [0, 0.05) is 13.2 Å². The van der Waals surface area contributed by atoms with Crippen molar-refractivity contribution < 1.29 is 14.3 Å². The number of nitrogens with zero attached hydrogens (tertiary/aromatic N) is 1. The predicted octanol–water partition coefficient (Wildman–Crippen LogP) is 2.24. The summed E-state index contributed by atoms with van der Waals surface area (Å²) in [5.41, 5.74) is 1.10. The van der Waals surface area contributed by atoms with E-state index in [1.165, 1.54) is 16.8 Å². The Kier molecular flexibility index (Phi) is 4.49. The van der Waals surface area contributed by atoms with Crippen molar-refractivity contribution in [3.63, 3.8) is 0 Å². The Hall–Kier alpha value is -2.47. The van der Waals surface area contributed by atoms with Gasteiger partial charge in [-0.2, -0.15) is 0 Å². The molecule has 3 rings (SSSR count). The quantitative estimate of drug-likeness (QED) is 0.923. The molecule has 1 N–H and O–H groups in total. The molecule has 126 valence electrons. The Labute approximate surface area is 144 Å². The van der Waals surface area contributed by atoms with Gasteiger partial charge in [-0.3, -0.25) is 9.59 Å². The topological polar surface area (TPSA) is 69.6 Å². The van der Waals surface area contributed by atoms with Crippen LogP contribution >= 0.6 is 11.6 Å². The van der Waals surface area contributed by atoms with Crippen molar-refractivity contribution in [1.82, 2.24) is 4.57 Å². The average molecular weight is 349 g/mol. The number of amides is 1. The number of anilines is 1. The Bertz CT molecular complexity index is 821. The van der Waals surface area contributed by atoms with Gasteiger partial charge >= 0.3 is 0 Å². The summed E-state index contributed by atoms with van der Waals surface area (Å²) in [5.74, 6) is 0.979. The van der Waals surface area contributed by atoms with Gasteiger partial charge in [-0.25, -0.2) is 0 Å². The van der Waals surface area contributed by atoms with Gasteiger partial charge in [0.25, 0.3) is 5.56 Å². The van der Waals surface area contributed by atoms with Crippen LogP contribution in [0.2, 0.25) is 5.02 Å². The Morgan fingerprint density at radius 3 is 2.92 bits per heavy atom. The minimum Gasteiger partial charge on any atom is -0.497 e. The molecule has 0 saturated heterocycles. The van der Waals surface area contributed by atoms with Crippen LogP contribution in [0.1, 0.15) is 5.56 Å². The number of benzene rings is 1. The van der Waals surface area contributed by atoms with E-state index in [1.54, 1.807) is 14.2 Å². The molecule has 1 aromatic heterocycles. The molecule has 7 heteroatoms. The van der Waals surface area contributed by atoms with Crippen molar-refractivity contribution in [1.29, 1.82) is 0 Å². The van der Waals surface area contributed by atoms with Gasteiger partial charge in [-0.1, -0.05) is 11.6 Å². The molecule has 2 heterocycles. The number of ether oxygens (including phenoxy) is 2. The van der Waals surface area contributed by atoms with Crippen LogP contribution in [-0.4, -0.2) is 24.2 Å². The molecule has 0 unspecified atom stereocenters. The summed E-state index contributed by atoms with van der Waals surface area (Å²) in [6.45, 7) is 0.296. The zero-order valence-electron chi connectivity index (χ0n) is 13.3. The molecule has 0 fully saturated rings. The van der Waals surface area contributed by atoms with E-state index in [9.17, 15) is 9.59 Å². The smallest absolute Gasteiger partial charge is 0.269 e. The molecular weight excluding hydrogens is 332 g/mol. The summed E-state index contributed by atoms with van der Waals surface area (Å²) in [4.78, 5) is 24.1. The highest BCUT2D eigenvalue weighted by Gasteiger charge is 2.26. The first kappa shape index (κ1) is 16.4. The van der Waals surface area contributed by atoms with E-state index in [0.29, 0.717) is 18.7 Å². The number of nitrogens with one attached hydrogen (secondary N) is 1. The highest BCUT2D eigenvalue weighted by Crippen LogP contribution is 2.31. The highest BCUT2D eigenvalue weighted by molar-refractivity contribution is 6.30. The number of rotatable bonds is 3. The third-order valence-electron chi connectivity index (χ3n) is 3.95. The van der Waals surface area contributed by atoms with Gasteiger partial charge < -0.3 is 19.4 Å². The summed E-state index contributed by atoms with van der Waals surface area (Å²) in [6, 6.07) is 6.99. The maximum absolute atomic E-state index is 12.5. The van der Waals surface area contributed by atoms with Crippen molar-refractivity contribution in [2.75, 3.05) is 19.0 Å². The van der Waals surface area contributed by atoms with E-state index in [2.05, 4.69) is 5.32 Å². The van der Waals surface area contributed by atoms with E-state index in [-0.39, 0.29) is 22.4 Å². The predicted molar refractivity (Wildman–Crippen MR) is 91.0 cm³/mol. The minimum atomic E-state index is -0.333. The molecule has 2 aromatic rings. The van der Waals surface area contributed by atoms with Crippen molar-refractivity contribution in [3.8, 4) is 11.5 Å². The zero-order chi connectivity index (χ0) is 17.3. The molecule has 0 aliphatic carbocycles. The highest BCUT2D eigenvalue weighted by atomic mass is 35.5. The van der Waals surface area contributed by atoms with Crippen LogP contribution in [0.5, 0.6) is 11.5 Å². The van der Waals surface area contributed by atoms with Crippen molar-refractivity contribution >= 4 is 23.2 Å². The maximum Gasteiger partial charge on any atom is 0.269 e. The standard InChI is InChI=1S/C17H17ClN2O4/c1-20-8-12(7-14(18)17(20)22)19-16(21)11-5-10-6-13(23-2)3-4-15(10)24-9-11/h3-4,6-8,11H,5,9H2,1-2H3,(H,19,21)/t11-/m1/s1. The van der Waals surface area contributed by atoms with E-state index in [1.807, 2.05) is 18.2 Å². The first-order valence-electron chi connectivity index (χ1n) is 7.44. The first-order valence-corrected chi connectivity index (χ1v) is 7.82. The SMILES string of the molecule is COc1ccc2c(c1)C[C@@H](C(=O)Nc1cc(Cl)c(=O)n(C)c1)CO2. The number of aryl methyl sites for hydroxylation is 1. The fraction of sp³-hybridized carbons (Fsp3) is 0.294. The summed E-state index contributed by atoms with van der Waals surface area (Å²) in [5, 5.41) is 2.85. The maximum atomic E-state index is 12.5. The first-order chi connectivity index (χ1) is 11.5. The molecule has 1 amide bonds. The second-order valence-electron chi connectivity index (χ2n) is 5.67. The number of carbonyl (C=O) groups excluding carboxylic acids is 1. The zero-order valence-corrected chi connectivity index (χ0v) is 14.1. The van der Waals surface area contributed by atoms with E-state index >= 15 is 0 Å². The number of aromatic nitrogens is 1. The largest absolute Gasteiger partial charge is 0.497 e. The number of halogens is 1. The van der Waals surface area contributed by atoms with E-state index in [0.717, 1.165) is 17.1 Å². The van der Waals surface area contributed by atoms with Gasteiger partial charge in [0.1, 0.15) is 23.1 Å². The van der Waals surface area contributed by atoms with Crippen LogP contribution in [0.4, 0.5) is 5.69 Å². The van der Waals surface area contributed by atoms with Crippen LogP contribution in [0.25, 0.3) is 0 Å². The lowest BCUT2D eigenvalue weighted by Gasteiger charge is -2.25. The molecule has 0 spiro atoms. The van der Waals surface area contributed by atoms with Crippen LogP contribution in [0.3, 0.4) is 0 Å². The molecule has 1 aliphatic rings. The molecule has 0 saturated carbocycles. The average Bonchev–Trinajstić information content (AvgIpc) is 2.58. The van der Waals surface area contributed by atoms with Crippen LogP contribution in [0.15, 0.2) is 35.3 Å². The fourth-order valence-corrected chi connectivity index (χ4v) is 2.90. The van der Waals surface area contributed by atoms with Gasteiger partial charge in [-0.15, -0.1) is 0 Å². The summed E-state index contributed by atoms with van der Waals surface area (Å²) in [6.07, 6.45) is 2.09. The van der Waals surface area contributed by atoms with Gasteiger partial charge in [0.05, 0.1) is 18.7 Å². The summed E-state index contributed by atoms with van der Waals surface area (Å²) >= 11 is 5.87. The Balaban J connectivity index is 1.75. The van der Waals surface area contributed by atoms with Crippen molar-refractivity contribution in [2.45, 2.75) is 6.42 Å². The monoisotopic (exact) mass is 348 g/mol. The Morgan fingerprint density at radius 1 is 1.42 bits per heavy atom. The molecular formula is C17H17ClN2O4. The lowest BCUT2D eigenvalue weighted by Crippen LogP contribution is -2.33.